The van der Waals surface area contributed by atoms with Crippen molar-refractivity contribution in [1.82, 2.24) is 10.6 Å². The lowest BCUT2D eigenvalue weighted by molar-refractivity contribution is 0.273. The Morgan fingerprint density at radius 1 is 0.870 bits per heavy atom. The van der Waals surface area contributed by atoms with E-state index < -0.39 is 0 Å². The molecule has 1 rings (SSSR count). The standard InChI is InChI=1S/C13H27N.C4H11N.2C2H6/c1-4-5-12-6-8-13(9-7-12)14-10-11(2)3;1-4(2)5-3;2*1-2/h11-14H,4-10H2,1-3H3;4-5H,1-3H3;2*1-2H3. The minimum absolute atomic E-state index is 0.634. The molecule has 23 heavy (non-hydrogen) atoms. The van der Waals surface area contributed by atoms with Crippen LogP contribution in [0.2, 0.25) is 0 Å². The minimum atomic E-state index is 0.634. The molecular formula is C21H50N2. The fourth-order valence-electron chi connectivity index (χ4n) is 2.47. The lowest BCUT2D eigenvalue weighted by atomic mass is 9.83. The fourth-order valence-corrected chi connectivity index (χ4v) is 2.47. The van der Waals surface area contributed by atoms with Crippen LogP contribution in [0.5, 0.6) is 0 Å². The quantitative estimate of drug-likeness (QED) is 0.601. The van der Waals surface area contributed by atoms with Gasteiger partial charge in [0.25, 0.3) is 0 Å². The van der Waals surface area contributed by atoms with Crippen molar-refractivity contribution in [2.24, 2.45) is 11.8 Å². The molecule has 2 heteroatoms. The van der Waals surface area contributed by atoms with Gasteiger partial charge in [-0.05, 0) is 51.1 Å². The molecule has 0 aromatic heterocycles. The van der Waals surface area contributed by atoms with Gasteiger partial charge in [-0.2, -0.15) is 0 Å². The van der Waals surface area contributed by atoms with E-state index in [9.17, 15) is 0 Å². The van der Waals surface area contributed by atoms with Gasteiger partial charge in [-0.15, -0.1) is 0 Å². The largest absolute Gasteiger partial charge is 0.318 e. The van der Waals surface area contributed by atoms with Crippen LogP contribution in [-0.4, -0.2) is 25.7 Å². The molecule has 1 fully saturated rings. The first-order valence-electron chi connectivity index (χ1n) is 10.4. The van der Waals surface area contributed by atoms with Crippen molar-refractivity contribution >= 4 is 0 Å². The summed E-state index contributed by atoms with van der Waals surface area (Å²) in [5.41, 5.74) is 0. The Morgan fingerprint density at radius 2 is 1.30 bits per heavy atom. The van der Waals surface area contributed by atoms with Crippen LogP contribution in [0.4, 0.5) is 0 Å². The van der Waals surface area contributed by atoms with E-state index in [-0.39, 0.29) is 0 Å². The van der Waals surface area contributed by atoms with Gasteiger partial charge in [-0.3, -0.25) is 0 Å². The second-order valence-corrected chi connectivity index (χ2v) is 6.75. The molecule has 1 aliphatic rings. The summed E-state index contributed by atoms with van der Waals surface area (Å²) in [6.45, 7) is 20.3. The Labute approximate surface area is 149 Å². The van der Waals surface area contributed by atoms with Crippen molar-refractivity contribution in [2.45, 2.75) is 113 Å². The van der Waals surface area contributed by atoms with Crippen LogP contribution < -0.4 is 10.6 Å². The maximum Gasteiger partial charge on any atom is 0.00673 e. The first-order chi connectivity index (χ1) is 11.0. The molecule has 0 amide bonds. The van der Waals surface area contributed by atoms with E-state index in [0.717, 1.165) is 17.9 Å². The highest BCUT2D eigenvalue weighted by atomic mass is 14.9. The van der Waals surface area contributed by atoms with Gasteiger partial charge < -0.3 is 10.6 Å². The van der Waals surface area contributed by atoms with E-state index >= 15 is 0 Å². The average Bonchev–Trinajstić information content (AvgIpc) is 2.58. The van der Waals surface area contributed by atoms with Crippen LogP contribution in [0.25, 0.3) is 0 Å². The Bertz CT molecular complexity index is 182. The molecule has 2 nitrogen and oxygen atoms in total. The van der Waals surface area contributed by atoms with E-state index in [2.05, 4.69) is 45.3 Å². The number of rotatable bonds is 6. The lowest BCUT2D eigenvalue weighted by Gasteiger charge is -2.29. The first-order valence-corrected chi connectivity index (χ1v) is 10.4. The van der Waals surface area contributed by atoms with Gasteiger partial charge in [-0.1, -0.05) is 75.2 Å². The molecule has 2 N–H and O–H groups in total. The van der Waals surface area contributed by atoms with E-state index in [1.54, 1.807) is 0 Å². The van der Waals surface area contributed by atoms with Gasteiger partial charge >= 0.3 is 0 Å². The predicted molar refractivity (Wildman–Crippen MR) is 110 cm³/mol. The summed E-state index contributed by atoms with van der Waals surface area (Å²) in [6, 6.07) is 1.46. The molecule has 0 aromatic carbocycles. The first kappa shape index (κ1) is 27.8. The highest BCUT2D eigenvalue weighted by Gasteiger charge is 2.19. The molecule has 0 aliphatic heterocycles. The van der Waals surface area contributed by atoms with Crippen LogP contribution in [0.3, 0.4) is 0 Å². The number of hydrogen-bond acceptors (Lipinski definition) is 2. The Hall–Kier alpha value is -0.0800. The van der Waals surface area contributed by atoms with Crippen molar-refractivity contribution in [2.75, 3.05) is 13.6 Å². The van der Waals surface area contributed by atoms with Crippen molar-refractivity contribution in [3.05, 3.63) is 0 Å². The molecule has 0 unspecified atom stereocenters. The van der Waals surface area contributed by atoms with Crippen molar-refractivity contribution in [3.8, 4) is 0 Å². The van der Waals surface area contributed by atoms with Gasteiger partial charge in [0.1, 0.15) is 0 Å². The van der Waals surface area contributed by atoms with Crippen LogP contribution >= 0.6 is 0 Å². The summed E-state index contributed by atoms with van der Waals surface area (Å²) in [5, 5.41) is 6.71. The highest BCUT2D eigenvalue weighted by Crippen LogP contribution is 2.27. The Morgan fingerprint density at radius 3 is 1.61 bits per heavy atom. The zero-order valence-corrected chi connectivity index (χ0v) is 18.3. The molecule has 1 aliphatic carbocycles. The summed E-state index contributed by atoms with van der Waals surface area (Å²) >= 11 is 0. The molecule has 0 radical (unpaired) electrons. The van der Waals surface area contributed by atoms with E-state index in [4.69, 9.17) is 0 Å². The SMILES string of the molecule is CC.CC.CCCC1CCC(NCC(C)C)CC1.CNC(C)C. The van der Waals surface area contributed by atoms with E-state index in [1.807, 2.05) is 34.7 Å². The van der Waals surface area contributed by atoms with Crippen LogP contribution in [-0.2, 0) is 0 Å². The second kappa shape index (κ2) is 21.9. The summed E-state index contributed by atoms with van der Waals surface area (Å²) in [5.74, 6) is 1.83. The van der Waals surface area contributed by atoms with Gasteiger partial charge in [0.15, 0.2) is 0 Å². The highest BCUT2D eigenvalue weighted by molar-refractivity contribution is 4.77. The second-order valence-electron chi connectivity index (χ2n) is 6.75. The zero-order chi connectivity index (χ0) is 18.7. The van der Waals surface area contributed by atoms with Gasteiger partial charge in [0, 0.05) is 12.1 Å². The molecular weight excluding hydrogens is 280 g/mol. The molecule has 0 atom stereocenters. The van der Waals surface area contributed by atoms with Crippen LogP contribution in [0.15, 0.2) is 0 Å². The summed E-state index contributed by atoms with van der Waals surface area (Å²) in [6.07, 6.45) is 8.58. The summed E-state index contributed by atoms with van der Waals surface area (Å²) in [4.78, 5) is 0. The third-order valence-electron chi connectivity index (χ3n) is 3.94. The average molecular weight is 331 g/mol. The topological polar surface area (TPSA) is 24.1 Å². The van der Waals surface area contributed by atoms with E-state index in [0.29, 0.717) is 6.04 Å². The van der Waals surface area contributed by atoms with E-state index in [1.165, 1.54) is 45.1 Å². The normalized spacial score (nSPS) is 19.8. The Balaban J connectivity index is -0.000000375. The molecule has 0 aromatic rings. The summed E-state index contributed by atoms with van der Waals surface area (Å²) in [7, 11) is 1.95. The molecule has 1 saturated carbocycles. The fraction of sp³-hybridized carbons (Fsp3) is 1.00. The molecule has 0 saturated heterocycles. The van der Waals surface area contributed by atoms with Gasteiger partial charge in [0.2, 0.25) is 0 Å². The van der Waals surface area contributed by atoms with Crippen molar-refractivity contribution in [3.63, 3.8) is 0 Å². The maximum absolute atomic E-state index is 3.68. The molecule has 144 valence electrons. The van der Waals surface area contributed by atoms with Gasteiger partial charge in [0.05, 0.1) is 0 Å². The molecule has 0 spiro atoms. The lowest BCUT2D eigenvalue weighted by Crippen LogP contribution is -2.35. The third-order valence-corrected chi connectivity index (χ3v) is 3.94. The molecule has 0 heterocycles. The number of nitrogens with one attached hydrogen (secondary N) is 2. The Kier molecular flexibility index (Phi) is 26.5. The van der Waals surface area contributed by atoms with Crippen LogP contribution in [0.1, 0.15) is 101 Å². The zero-order valence-electron chi connectivity index (χ0n) is 18.3. The van der Waals surface area contributed by atoms with Crippen molar-refractivity contribution < 1.29 is 0 Å². The smallest absolute Gasteiger partial charge is 0.00673 e. The predicted octanol–water partition coefficient (Wildman–Crippen LogP) is 6.26. The van der Waals surface area contributed by atoms with Gasteiger partial charge in [-0.25, -0.2) is 0 Å². The minimum Gasteiger partial charge on any atom is -0.318 e. The maximum atomic E-state index is 3.68. The summed E-state index contributed by atoms with van der Waals surface area (Å²) < 4.78 is 0. The monoisotopic (exact) mass is 330 g/mol. The van der Waals surface area contributed by atoms with Crippen molar-refractivity contribution in [1.29, 1.82) is 0 Å². The molecule has 0 bridgehead atoms. The number of hydrogen-bond donors (Lipinski definition) is 2. The third kappa shape index (κ3) is 21.9. The van der Waals surface area contributed by atoms with Crippen LogP contribution in [0, 0.1) is 11.8 Å².